The Morgan fingerprint density at radius 3 is 2.96 bits per heavy atom. The Morgan fingerprint density at radius 1 is 1.43 bits per heavy atom. The van der Waals surface area contributed by atoms with Crippen molar-refractivity contribution in [2.24, 2.45) is 5.73 Å². The van der Waals surface area contributed by atoms with Crippen molar-refractivity contribution in [2.45, 2.75) is 45.2 Å². The molecule has 0 spiro atoms. The van der Waals surface area contributed by atoms with E-state index in [1.54, 1.807) is 0 Å². The molecular formula is C17H23N5O. The van der Waals surface area contributed by atoms with Crippen LogP contribution in [0, 0.1) is 6.92 Å². The van der Waals surface area contributed by atoms with Crippen LogP contribution in [-0.4, -0.2) is 44.6 Å². The molecule has 1 aliphatic heterocycles. The molecule has 1 saturated heterocycles. The van der Waals surface area contributed by atoms with E-state index in [9.17, 15) is 4.79 Å². The molecule has 2 unspecified atom stereocenters. The number of nitrogens with two attached hydrogens (primary N) is 1. The lowest BCUT2D eigenvalue weighted by atomic mass is 9.95. The number of amides is 1. The SMILES string of the molecule is Cc1nc(-c2cccc(C(=O)N3CCCCC3C(C)N)c2)n[nH]1. The molecule has 0 radical (unpaired) electrons. The van der Waals surface area contributed by atoms with E-state index >= 15 is 0 Å². The van der Waals surface area contributed by atoms with Crippen LogP contribution in [0.15, 0.2) is 24.3 Å². The van der Waals surface area contributed by atoms with Gasteiger partial charge in [-0.25, -0.2) is 4.98 Å². The van der Waals surface area contributed by atoms with Crippen molar-refractivity contribution in [3.8, 4) is 11.4 Å². The fraction of sp³-hybridized carbons (Fsp3) is 0.471. The third kappa shape index (κ3) is 3.27. The van der Waals surface area contributed by atoms with E-state index < -0.39 is 0 Å². The van der Waals surface area contributed by atoms with Crippen molar-refractivity contribution < 1.29 is 4.79 Å². The molecule has 3 N–H and O–H groups in total. The van der Waals surface area contributed by atoms with E-state index in [1.807, 2.05) is 43.0 Å². The number of hydrogen-bond acceptors (Lipinski definition) is 4. The number of hydrogen-bond donors (Lipinski definition) is 2. The van der Waals surface area contributed by atoms with Gasteiger partial charge in [-0.3, -0.25) is 9.89 Å². The van der Waals surface area contributed by atoms with Gasteiger partial charge in [-0.15, -0.1) is 0 Å². The van der Waals surface area contributed by atoms with E-state index in [2.05, 4.69) is 15.2 Å². The maximum Gasteiger partial charge on any atom is 0.254 e. The van der Waals surface area contributed by atoms with E-state index in [0.717, 1.165) is 37.2 Å². The molecule has 6 nitrogen and oxygen atoms in total. The molecule has 0 bridgehead atoms. The maximum atomic E-state index is 12.9. The lowest BCUT2D eigenvalue weighted by Crippen LogP contribution is -2.51. The summed E-state index contributed by atoms with van der Waals surface area (Å²) in [5.74, 6) is 1.41. The molecule has 1 aromatic heterocycles. The van der Waals surface area contributed by atoms with Gasteiger partial charge < -0.3 is 10.6 Å². The summed E-state index contributed by atoms with van der Waals surface area (Å²) in [5, 5.41) is 6.99. The number of piperidine rings is 1. The first-order valence-corrected chi connectivity index (χ1v) is 8.12. The number of H-pyrrole nitrogens is 1. The van der Waals surface area contributed by atoms with Crippen LogP contribution in [0.25, 0.3) is 11.4 Å². The first-order chi connectivity index (χ1) is 11.1. The Labute approximate surface area is 136 Å². The van der Waals surface area contributed by atoms with E-state index in [1.165, 1.54) is 0 Å². The quantitative estimate of drug-likeness (QED) is 0.908. The normalized spacial score (nSPS) is 19.6. The Bertz CT molecular complexity index is 694. The molecule has 2 aromatic rings. The molecule has 23 heavy (non-hydrogen) atoms. The first kappa shape index (κ1) is 15.7. The number of nitrogens with zero attached hydrogens (tertiary/aromatic N) is 3. The molecule has 6 heteroatoms. The van der Waals surface area contributed by atoms with Gasteiger partial charge >= 0.3 is 0 Å². The molecule has 3 rings (SSSR count). The van der Waals surface area contributed by atoms with Crippen molar-refractivity contribution in [2.75, 3.05) is 6.54 Å². The molecule has 2 atom stereocenters. The minimum atomic E-state index is -0.0157. The molecule has 1 amide bonds. The minimum absolute atomic E-state index is 0.0157. The lowest BCUT2D eigenvalue weighted by Gasteiger charge is -2.38. The van der Waals surface area contributed by atoms with Crippen LogP contribution in [0.2, 0.25) is 0 Å². The van der Waals surface area contributed by atoms with Gasteiger partial charge in [-0.2, -0.15) is 5.10 Å². The summed E-state index contributed by atoms with van der Waals surface area (Å²) in [6.45, 7) is 4.60. The number of aromatic nitrogens is 3. The summed E-state index contributed by atoms with van der Waals surface area (Å²) in [4.78, 5) is 19.2. The van der Waals surface area contributed by atoms with Gasteiger partial charge in [-0.05, 0) is 45.2 Å². The summed E-state index contributed by atoms with van der Waals surface area (Å²) >= 11 is 0. The van der Waals surface area contributed by atoms with Crippen LogP contribution in [-0.2, 0) is 0 Å². The standard InChI is InChI=1S/C17H23N5O/c1-11(18)15-8-3-4-9-22(15)17(23)14-7-5-6-13(10-14)16-19-12(2)20-21-16/h5-7,10-11,15H,3-4,8-9,18H2,1-2H3,(H,19,20,21). The third-order valence-electron chi connectivity index (χ3n) is 4.38. The van der Waals surface area contributed by atoms with Crippen molar-refractivity contribution >= 4 is 5.91 Å². The van der Waals surface area contributed by atoms with E-state index in [-0.39, 0.29) is 18.0 Å². The number of rotatable bonds is 3. The van der Waals surface area contributed by atoms with Crippen molar-refractivity contribution in [3.05, 3.63) is 35.7 Å². The average molecular weight is 313 g/mol. The molecule has 2 heterocycles. The summed E-state index contributed by atoms with van der Waals surface area (Å²) in [7, 11) is 0. The zero-order chi connectivity index (χ0) is 16.4. The first-order valence-electron chi connectivity index (χ1n) is 8.12. The van der Waals surface area contributed by atoms with Gasteiger partial charge in [0, 0.05) is 29.8 Å². The highest BCUT2D eigenvalue weighted by molar-refractivity contribution is 5.95. The summed E-state index contributed by atoms with van der Waals surface area (Å²) in [6, 6.07) is 7.59. The number of carbonyl (C=O) groups excluding carboxylic acids is 1. The fourth-order valence-corrected chi connectivity index (χ4v) is 3.19. The highest BCUT2D eigenvalue weighted by atomic mass is 16.2. The number of carbonyl (C=O) groups is 1. The highest BCUT2D eigenvalue weighted by Gasteiger charge is 2.29. The van der Waals surface area contributed by atoms with Crippen LogP contribution in [0.1, 0.15) is 42.4 Å². The van der Waals surface area contributed by atoms with Gasteiger partial charge in [0.05, 0.1) is 0 Å². The van der Waals surface area contributed by atoms with Gasteiger partial charge in [0.15, 0.2) is 5.82 Å². The van der Waals surface area contributed by atoms with Crippen LogP contribution >= 0.6 is 0 Å². The van der Waals surface area contributed by atoms with Gasteiger partial charge in [0.1, 0.15) is 5.82 Å². The monoisotopic (exact) mass is 313 g/mol. The lowest BCUT2D eigenvalue weighted by molar-refractivity contribution is 0.0584. The van der Waals surface area contributed by atoms with Crippen LogP contribution in [0.4, 0.5) is 0 Å². The summed E-state index contributed by atoms with van der Waals surface area (Å²) in [6.07, 6.45) is 3.14. The molecule has 1 aromatic carbocycles. The van der Waals surface area contributed by atoms with Crippen molar-refractivity contribution in [3.63, 3.8) is 0 Å². The largest absolute Gasteiger partial charge is 0.334 e. The zero-order valence-electron chi connectivity index (χ0n) is 13.6. The smallest absolute Gasteiger partial charge is 0.254 e. The van der Waals surface area contributed by atoms with Gasteiger partial charge in [-0.1, -0.05) is 12.1 Å². The number of aryl methyl sites for hydroxylation is 1. The number of likely N-dealkylation sites (tertiary alicyclic amines) is 1. The molecular weight excluding hydrogens is 290 g/mol. The van der Waals surface area contributed by atoms with Gasteiger partial charge in [0.25, 0.3) is 5.91 Å². The molecule has 1 aliphatic rings. The zero-order valence-corrected chi connectivity index (χ0v) is 13.6. The Kier molecular flexibility index (Phi) is 4.43. The van der Waals surface area contributed by atoms with E-state index in [0.29, 0.717) is 11.4 Å². The second kappa shape index (κ2) is 6.50. The Hall–Kier alpha value is -2.21. The number of nitrogens with one attached hydrogen (secondary N) is 1. The number of benzene rings is 1. The highest BCUT2D eigenvalue weighted by Crippen LogP contribution is 2.23. The molecule has 122 valence electrons. The van der Waals surface area contributed by atoms with Crippen LogP contribution in [0.3, 0.4) is 0 Å². The predicted octanol–water partition coefficient (Wildman–Crippen LogP) is 2.12. The van der Waals surface area contributed by atoms with E-state index in [4.69, 9.17) is 5.73 Å². The second-order valence-electron chi connectivity index (χ2n) is 6.25. The molecule has 0 aliphatic carbocycles. The fourth-order valence-electron chi connectivity index (χ4n) is 3.19. The Balaban J connectivity index is 1.87. The van der Waals surface area contributed by atoms with Crippen LogP contribution in [0.5, 0.6) is 0 Å². The summed E-state index contributed by atoms with van der Waals surface area (Å²) < 4.78 is 0. The van der Waals surface area contributed by atoms with Crippen molar-refractivity contribution in [1.82, 2.24) is 20.1 Å². The topological polar surface area (TPSA) is 87.9 Å². The number of aromatic amines is 1. The summed E-state index contributed by atoms with van der Waals surface area (Å²) in [5.41, 5.74) is 7.59. The molecule has 1 fully saturated rings. The second-order valence-corrected chi connectivity index (χ2v) is 6.25. The molecule has 0 saturated carbocycles. The van der Waals surface area contributed by atoms with Crippen LogP contribution < -0.4 is 5.73 Å². The maximum absolute atomic E-state index is 12.9. The average Bonchev–Trinajstić information content (AvgIpc) is 3.01. The van der Waals surface area contributed by atoms with Gasteiger partial charge in [0.2, 0.25) is 0 Å². The van der Waals surface area contributed by atoms with Crippen molar-refractivity contribution in [1.29, 1.82) is 0 Å². The minimum Gasteiger partial charge on any atom is -0.334 e. The third-order valence-corrected chi connectivity index (χ3v) is 4.38. The predicted molar refractivity (Wildman–Crippen MR) is 88.9 cm³/mol. The Morgan fingerprint density at radius 2 is 2.26 bits per heavy atom.